The van der Waals surface area contributed by atoms with E-state index in [1.807, 2.05) is 0 Å². The molecule has 0 amide bonds. The second-order valence-corrected chi connectivity index (χ2v) is 3.56. The van der Waals surface area contributed by atoms with Crippen molar-refractivity contribution >= 4 is 17.9 Å². The maximum Gasteiger partial charge on any atom is 0.356 e. The minimum Gasteiger partial charge on any atom is -0.476 e. The van der Waals surface area contributed by atoms with Gasteiger partial charge in [-0.15, -0.1) is 0 Å². The number of aromatic carboxylic acids is 1. The number of aldehydes is 1. The maximum atomic E-state index is 10.8. The number of hydrogen-bond acceptors (Lipinski definition) is 5. The number of nitrogens with zero attached hydrogens (tertiary/aromatic N) is 3. The third kappa shape index (κ3) is 2.32. The van der Waals surface area contributed by atoms with Gasteiger partial charge in [-0.25, -0.2) is 9.48 Å². The molecule has 96 valence electrons. The number of carbonyl (C=O) groups is 2. The van der Waals surface area contributed by atoms with Crippen LogP contribution in [0, 0.1) is 10.1 Å². The van der Waals surface area contributed by atoms with Crippen LogP contribution in [0.2, 0.25) is 0 Å². The lowest BCUT2D eigenvalue weighted by molar-refractivity contribution is -0.384. The lowest BCUT2D eigenvalue weighted by atomic mass is 10.3. The Morgan fingerprint density at radius 1 is 1.37 bits per heavy atom. The summed E-state index contributed by atoms with van der Waals surface area (Å²) < 4.78 is 1.11. The van der Waals surface area contributed by atoms with Gasteiger partial charge in [0.2, 0.25) is 0 Å². The molecule has 0 saturated heterocycles. The molecule has 0 spiro atoms. The lowest BCUT2D eigenvalue weighted by Gasteiger charge is -2.02. The monoisotopic (exact) mass is 261 g/mol. The Balaban J connectivity index is 2.48. The Bertz CT molecular complexity index is 659. The summed E-state index contributed by atoms with van der Waals surface area (Å²) in [6, 6.07) is 6.36. The number of carbonyl (C=O) groups excluding carboxylic acids is 1. The van der Waals surface area contributed by atoms with Crippen molar-refractivity contribution in [3.63, 3.8) is 0 Å². The van der Waals surface area contributed by atoms with Crippen LogP contribution in [0.3, 0.4) is 0 Å². The van der Waals surface area contributed by atoms with Gasteiger partial charge in [0.15, 0.2) is 12.0 Å². The van der Waals surface area contributed by atoms with Gasteiger partial charge in [0, 0.05) is 18.2 Å². The van der Waals surface area contributed by atoms with Crippen molar-refractivity contribution < 1.29 is 19.6 Å². The summed E-state index contributed by atoms with van der Waals surface area (Å²) in [4.78, 5) is 31.6. The molecule has 0 aliphatic rings. The summed E-state index contributed by atoms with van der Waals surface area (Å²) in [6.07, 6.45) is 0.459. The van der Waals surface area contributed by atoms with Crippen LogP contribution in [-0.4, -0.2) is 32.1 Å². The van der Waals surface area contributed by atoms with E-state index >= 15 is 0 Å². The average molecular weight is 261 g/mol. The molecule has 0 fully saturated rings. The highest BCUT2D eigenvalue weighted by Crippen LogP contribution is 2.16. The molecule has 2 rings (SSSR count). The molecule has 8 nitrogen and oxygen atoms in total. The molecule has 0 radical (unpaired) electrons. The SMILES string of the molecule is O=Cc1cc(C(=O)O)nn1-c1ccc([N+](=O)[O-])cc1. The highest BCUT2D eigenvalue weighted by molar-refractivity contribution is 5.88. The molecule has 0 unspecified atom stereocenters. The van der Waals surface area contributed by atoms with Gasteiger partial charge in [0.25, 0.3) is 5.69 Å². The zero-order valence-corrected chi connectivity index (χ0v) is 9.39. The van der Waals surface area contributed by atoms with Gasteiger partial charge in [0.05, 0.1) is 10.6 Å². The maximum absolute atomic E-state index is 10.8. The quantitative estimate of drug-likeness (QED) is 0.503. The topological polar surface area (TPSA) is 115 Å². The normalized spacial score (nSPS) is 10.1. The van der Waals surface area contributed by atoms with Crippen molar-refractivity contribution in [3.05, 3.63) is 51.8 Å². The molecule has 0 atom stereocenters. The number of rotatable bonds is 4. The summed E-state index contributed by atoms with van der Waals surface area (Å²) in [7, 11) is 0. The molecule has 2 aromatic rings. The third-order valence-electron chi connectivity index (χ3n) is 2.38. The Kier molecular flexibility index (Phi) is 3.06. The fourth-order valence-corrected chi connectivity index (χ4v) is 1.51. The Hall–Kier alpha value is -3.03. The van der Waals surface area contributed by atoms with Crippen molar-refractivity contribution in [2.24, 2.45) is 0 Å². The molecule has 0 saturated carbocycles. The second kappa shape index (κ2) is 4.69. The fourth-order valence-electron chi connectivity index (χ4n) is 1.51. The first kappa shape index (κ1) is 12.4. The van der Waals surface area contributed by atoms with Crippen LogP contribution < -0.4 is 0 Å². The Labute approximate surface area is 106 Å². The third-order valence-corrected chi connectivity index (χ3v) is 2.38. The van der Waals surface area contributed by atoms with Crippen LogP contribution in [-0.2, 0) is 0 Å². The predicted molar refractivity (Wildman–Crippen MR) is 62.6 cm³/mol. The van der Waals surface area contributed by atoms with E-state index in [9.17, 15) is 19.7 Å². The summed E-state index contributed by atoms with van der Waals surface area (Å²) in [5.74, 6) is -1.26. The average Bonchev–Trinajstić information content (AvgIpc) is 2.83. The van der Waals surface area contributed by atoms with E-state index in [2.05, 4.69) is 5.10 Å². The van der Waals surface area contributed by atoms with E-state index in [-0.39, 0.29) is 17.1 Å². The number of hydrogen-bond donors (Lipinski definition) is 1. The first-order chi connectivity index (χ1) is 9.02. The van der Waals surface area contributed by atoms with Crippen LogP contribution in [0.5, 0.6) is 0 Å². The second-order valence-electron chi connectivity index (χ2n) is 3.56. The number of nitro benzene ring substituents is 1. The van der Waals surface area contributed by atoms with Crippen LogP contribution in [0.1, 0.15) is 21.0 Å². The summed E-state index contributed by atoms with van der Waals surface area (Å²) in [5, 5.41) is 23.1. The van der Waals surface area contributed by atoms with Crippen molar-refractivity contribution in [1.29, 1.82) is 0 Å². The van der Waals surface area contributed by atoms with Crippen molar-refractivity contribution in [3.8, 4) is 5.69 Å². The highest BCUT2D eigenvalue weighted by atomic mass is 16.6. The first-order valence-corrected chi connectivity index (χ1v) is 5.06. The number of non-ortho nitro benzene ring substituents is 1. The largest absolute Gasteiger partial charge is 0.476 e. The van der Waals surface area contributed by atoms with E-state index in [1.54, 1.807) is 0 Å². The van der Waals surface area contributed by atoms with Crippen LogP contribution in [0.15, 0.2) is 30.3 Å². The fraction of sp³-hybridized carbons (Fsp3) is 0. The molecule has 0 aliphatic heterocycles. The van der Waals surface area contributed by atoms with E-state index in [0.29, 0.717) is 12.0 Å². The Morgan fingerprint density at radius 2 is 2.00 bits per heavy atom. The number of benzene rings is 1. The number of aromatic nitrogens is 2. The summed E-state index contributed by atoms with van der Waals surface area (Å²) >= 11 is 0. The van der Waals surface area contributed by atoms with E-state index in [4.69, 9.17) is 5.11 Å². The predicted octanol–water partition coefficient (Wildman–Crippen LogP) is 1.29. The van der Waals surface area contributed by atoms with Gasteiger partial charge < -0.3 is 5.11 Å². The smallest absolute Gasteiger partial charge is 0.356 e. The molecule has 1 aromatic carbocycles. The van der Waals surface area contributed by atoms with Crippen molar-refractivity contribution in [1.82, 2.24) is 9.78 Å². The number of carboxylic acids is 1. The van der Waals surface area contributed by atoms with Gasteiger partial charge in [0.1, 0.15) is 5.69 Å². The minimum absolute atomic E-state index is 0.0475. The molecule has 19 heavy (non-hydrogen) atoms. The van der Waals surface area contributed by atoms with Gasteiger partial charge >= 0.3 is 5.97 Å². The number of nitro groups is 1. The summed E-state index contributed by atoms with van der Waals surface area (Å²) in [6.45, 7) is 0. The highest BCUT2D eigenvalue weighted by Gasteiger charge is 2.14. The van der Waals surface area contributed by atoms with Gasteiger partial charge in [-0.05, 0) is 12.1 Å². The molecule has 1 N–H and O–H groups in total. The summed E-state index contributed by atoms with van der Waals surface area (Å²) in [5.41, 5.74) is 0.0222. The van der Waals surface area contributed by atoms with Crippen molar-refractivity contribution in [2.45, 2.75) is 0 Å². The number of carboxylic acid groups (broad SMARTS) is 1. The van der Waals surface area contributed by atoms with Crippen LogP contribution in [0.4, 0.5) is 5.69 Å². The zero-order valence-electron chi connectivity index (χ0n) is 9.39. The lowest BCUT2D eigenvalue weighted by Crippen LogP contribution is -2.03. The van der Waals surface area contributed by atoms with Gasteiger partial charge in [-0.2, -0.15) is 5.10 Å². The van der Waals surface area contributed by atoms with Crippen LogP contribution in [0.25, 0.3) is 5.69 Å². The van der Waals surface area contributed by atoms with E-state index in [0.717, 1.165) is 10.7 Å². The molecule has 0 bridgehead atoms. The standard InChI is InChI=1S/C11H7N3O5/c15-6-9-5-10(11(16)17)12-13(9)7-1-3-8(4-2-7)14(18)19/h1-6H,(H,16,17). The molecule has 8 heteroatoms. The molecular weight excluding hydrogens is 254 g/mol. The molecule has 0 aliphatic carbocycles. The molecule has 1 aromatic heterocycles. The Morgan fingerprint density at radius 3 is 2.47 bits per heavy atom. The first-order valence-electron chi connectivity index (χ1n) is 5.06. The molecular formula is C11H7N3O5. The van der Waals surface area contributed by atoms with E-state index < -0.39 is 10.9 Å². The minimum atomic E-state index is -1.26. The van der Waals surface area contributed by atoms with Gasteiger partial charge in [-0.1, -0.05) is 0 Å². The zero-order chi connectivity index (χ0) is 14.0. The van der Waals surface area contributed by atoms with Crippen LogP contribution >= 0.6 is 0 Å². The molecule has 1 heterocycles. The van der Waals surface area contributed by atoms with Crippen molar-refractivity contribution in [2.75, 3.05) is 0 Å². The van der Waals surface area contributed by atoms with E-state index in [1.165, 1.54) is 24.3 Å². The van der Waals surface area contributed by atoms with Gasteiger partial charge in [-0.3, -0.25) is 14.9 Å².